The van der Waals surface area contributed by atoms with Gasteiger partial charge < -0.3 is 9.63 Å². The molecule has 1 atom stereocenters. The fraction of sp³-hybridized carbons (Fsp3) is 0.385. The Balaban J connectivity index is 1.98. The average molecular weight is 230 g/mol. The van der Waals surface area contributed by atoms with Crippen molar-refractivity contribution < 1.29 is 9.63 Å². The number of hydrogen-bond acceptors (Lipinski definition) is 4. The first-order chi connectivity index (χ1) is 8.22. The lowest BCUT2D eigenvalue weighted by Gasteiger charge is -2.10. The van der Waals surface area contributed by atoms with Crippen LogP contribution in [0.15, 0.2) is 34.9 Å². The minimum Gasteiger partial charge on any atom is -0.384 e. The van der Waals surface area contributed by atoms with Gasteiger partial charge in [-0.25, -0.2) is 0 Å². The van der Waals surface area contributed by atoms with Crippen LogP contribution >= 0.6 is 0 Å². The molecule has 17 heavy (non-hydrogen) atoms. The summed E-state index contributed by atoms with van der Waals surface area (Å²) in [7, 11) is 0. The molecule has 2 aromatic rings. The van der Waals surface area contributed by atoms with Crippen LogP contribution in [0.25, 0.3) is 0 Å². The molecule has 1 aliphatic carbocycles. The van der Waals surface area contributed by atoms with Crippen LogP contribution in [0.3, 0.4) is 0 Å². The first-order valence-corrected chi connectivity index (χ1v) is 5.80. The van der Waals surface area contributed by atoms with Crippen molar-refractivity contribution in [1.82, 2.24) is 10.1 Å². The van der Waals surface area contributed by atoms with E-state index in [4.69, 9.17) is 4.52 Å². The van der Waals surface area contributed by atoms with E-state index >= 15 is 0 Å². The molecular weight excluding hydrogens is 216 g/mol. The van der Waals surface area contributed by atoms with Crippen LogP contribution in [0.2, 0.25) is 0 Å². The molecule has 4 nitrogen and oxygen atoms in total. The highest BCUT2D eigenvalue weighted by Crippen LogP contribution is 2.52. The summed E-state index contributed by atoms with van der Waals surface area (Å²) in [6.07, 6.45) is 1.37. The summed E-state index contributed by atoms with van der Waals surface area (Å²) in [6.45, 7) is 1.62. The standard InChI is InChI=1S/C13H14N2O2/c1-9(16)11-14-12(15-17-11)13(7-8-13)10-5-3-2-4-6-10/h2-6,9,16H,7-8H2,1H3/t9-/m0/s1. The summed E-state index contributed by atoms with van der Waals surface area (Å²) < 4.78 is 5.06. The fourth-order valence-corrected chi connectivity index (χ4v) is 2.12. The highest BCUT2D eigenvalue weighted by molar-refractivity contribution is 5.38. The van der Waals surface area contributed by atoms with Crippen LogP contribution in [0.1, 0.15) is 43.1 Å². The zero-order chi connectivity index (χ0) is 11.9. The van der Waals surface area contributed by atoms with Crippen LogP contribution < -0.4 is 0 Å². The number of hydrogen-bond donors (Lipinski definition) is 1. The third-order valence-electron chi connectivity index (χ3n) is 3.30. The molecule has 0 aliphatic heterocycles. The number of benzene rings is 1. The third-order valence-corrected chi connectivity index (χ3v) is 3.30. The van der Waals surface area contributed by atoms with Gasteiger partial charge in [0.1, 0.15) is 6.10 Å². The molecule has 0 amide bonds. The number of rotatable bonds is 3. The maximum Gasteiger partial charge on any atom is 0.255 e. The molecule has 0 spiro atoms. The van der Waals surface area contributed by atoms with Crippen molar-refractivity contribution in [2.24, 2.45) is 0 Å². The van der Waals surface area contributed by atoms with Crippen LogP contribution in [-0.2, 0) is 5.41 Å². The topological polar surface area (TPSA) is 59.2 Å². The zero-order valence-corrected chi connectivity index (χ0v) is 9.63. The van der Waals surface area contributed by atoms with Crippen LogP contribution in [0.4, 0.5) is 0 Å². The summed E-state index contributed by atoms with van der Waals surface area (Å²) >= 11 is 0. The molecule has 0 unspecified atom stereocenters. The lowest BCUT2D eigenvalue weighted by atomic mass is 9.95. The SMILES string of the molecule is C[C@H](O)c1nc(C2(c3ccccc3)CC2)no1. The van der Waals surface area contributed by atoms with E-state index in [1.54, 1.807) is 6.92 Å². The lowest BCUT2D eigenvalue weighted by Crippen LogP contribution is -2.10. The predicted molar refractivity (Wildman–Crippen MR) is 61.4 cm³/mol. The Morgan fingerprint density at radius 1 is 1.29 bits per heavy atom. The molecule has 1 aromatic heterocycles. The number of nitrogens with zero attached hydrogens (tertiary/aromatic N) is 2. The molecule has 1 aromatic carbocycles. The third kappa shape index (κ3) is 1.65. The van der Waals surface area contributed by atoms with Crippen molar-refractivity contribution in [3.8, 4) is 0 Å². The maximum absolute atomic E-state index is 9.40. The summed E-state index contributed by atoms with van der Waals surface area (Å²) in [4.78, 5) is 4.29. The van der Waals surface area contributed by atoms with E-state index < -0.39 is 6.10 Å². The van der Waals surface area contributed by atoms with Gasteiger partial charge in [0.15, 0.2) is 5.82 Å². The second-order valence-electron chi connectivity index (χ2n) is 4.58. The first kappa shape index (κ1) is 10.5. The molecule has 1 heterocycles. The quantitative estimate of drug-likeness (QED) is 0.878. The first-order valence-electron chi connectivity index (χ1n) is 5.80. The monoisotopic (exact) mass is 230 g/mol. The van der Waals surface area contributed by atoms with E-state index in [1.807, 2.05) is 18.2 Å². The largest absolute Gasteiger partial charge is 0.384 e. The van der Waals surface area contributed by atoms with Gasteiger partial charge in [-0.2, -0.15) is 4.98 Å². The Morgan fingerprint density at radius 3 is 2.53 bits per heavy atom. The molecule has 0 saturated heterocycles. The van der Waals surface area contributed by atoms with E-state index in [1.165, 1.54) is 5.56 Å². The van der Waals surface area contributed by atoms with Crippen molar-refractivity contribution in [1.29, 1.82) is 0 Å². The molecule has 1 fully saturated rings. The minimum atomic E-state index is -0.706. The van der Waals surface area contributed by atoms with Crippen molar-refractivity contribution in [3.63, 3.8) is 0 Å². The number of aliphatic hydroxyl groups excluding tert-OH is 1. The van der Waals surface area contributed by atoms with Gasteiger partial charge in [-0.3, -0.25) is 0 Å². The maximum atomic E-state index is 9.40. The average Bonchev–Trinajstić information content (AvgIpc) is 3.00. The van der Waals surface area contributed by atoms with Crippen molar-refractivity contribution in [3.05, 3.63) is 47.6 Å². The van der Waals surface area contributed by atoms with E-state index in [2.05, 4.69) is 22.3 Å². The summed E-state index contributed by atoms with van der Waals surface area (Å²) in [5, 5.41) is 13.4. The molecule has 1 aliphatic rings. The minimum absolute atomic E-state index is 0.0854. The highest BCUT2D eigenvalue weighted by atomic mass is 16.5. The van der Waals surface area contributed by atoms with Gasteiger partial charge >= 0.3 is 0 Å². The van der Waals surface area contributed by atoms with Gasteiger partial charge in [-0.05, 0) is 25.3 Å². The van der Waals surface area contributed by atoms with Crippen LogP contribution in [-0.4, -0.2) is 15.2 Å². The van der Waals surface area contributed by atoms with Crippen molar-refractivity contribution >= 4 is 0 Å². The molecule has 88 valence electrons. The Labute approximate surface area is 99.3 Å². The molecule has 0 bridgehead atoms. The molecule has 4 heteroatoms. The summed E-state index contributed by atoms with van der Waals surface area (Å²) in [5.41, 5.74) is 1.13. The van der Waals surface area contributed by atoms with Gasteiger partial charge in [-0.1, -0.05) is 35.5 Å². The van der Waals surface area contributed by atoms with Gasteiger partial charge in [0.25, 0.3) is 5.89 Å². The van der Waals surface area contributed by atoms with Gasteiger partial charge in [0.2, 0.25) is 0 Å². The molecule has 1 saturated carbocycles. The Kier molecular flexibility index (Phi) is 2.26. The molecule has 1 N–H and O–H groups in total. The Morgan fingerprint density at radius 2 is 2.00 bits per heavy atom. The normalized spacial score (nSPS) is 18.9. The fourth-order valence-electron chi connectivity index (χ4n) is 2.12. The van der Waals surface area contributed by atoms with Crippen LogP contribution in [0.5, 0.6) is 0 Å². The van der Waals surface area contributed by atoms with E-state index in [0.717, 1.165) is 12.8 Å². The Bertz CT molecular complexity index is 515. The summed E-state index contributed by atoms with van der Waals surface area (Å²) in [6, 6.07) is 10.2. The van der Waals surface area contributed by atoms with Gasteiger partial charge in [-0.15, -0.1) is 0 Å². The lowest BCUT2D eigenvalue weighted by molar-refractivity contribution is 0.151. The second kappa shape index (κ2) is 3.67. The van der Waals surface area contributed by atoms with Gasteiger partial charge in [0.05, 0.1) is 5.41 Å². The predicted octanol–water partition coefficient (Wildman–Crippen LogP) is 2.20. The van der Waals surface area contributed by atoms with E-state index in [9.17, 15) is 5.11 Å². The smallest absolute Gasteiger partial charge is 0.255 e. The number of aliphatic hydroxyl groups is 1. The highest BCUT2D eigenvalue weighted by Gasteiger charge is 2.49. The molecular formula is C13H14N2O2. The van der Waals surface area contributed by atoms with Gasteiger partial charge in [0, 0.05) is 0 Å². The van der Waals surface area contributed by atoms with Crippen LogP contribution in [0, 0.1) is 0 Å². The van der Waals surface area contributed by atoms with E-state index in [-0.39, 0.29) is 5.41 Å². The molecule has 3 rings (SSSR count). The van der Waals surface area contributed by atoms with E-state index in [0.29, 0.717) is 11.7 Å². The van der Waals surface area contributed by atoms with Crippen molar-refractivity contribution in [2.75, 3.05) is 0 Å². The van der Waals surface area contributed by atoms with Crippen molar-refractivity contribution in [2.45, 2.75) is 31.3 Å². The zero-order valence-electron chi connectivity index (χ0n) is 9.63. The Hall–Kier alpha value is -1.68. The second-order valence-corrected chi connectivity index (χ2v) is 4.58. The summed E-state index contributed by atoms with van der Waals surface area (Å²) in [5.74, 6) is 0.988. The number of aromatic nitrogens is 2. The molecule has 0 radical (unpaired) electrons.